The smallest absolute Gasteiger partial charge is 0.280 e. The molecule has 0 radical (unpaired) electrons. The fourth-order valence-electron chi connectivity index (χ4n) is 1.96. The predicted octanol–water partition coefficient (Wildman–Crippen LogP) is 3.33. The number of rotatable bonds is 4. The van der Waals surface area contributed by atoms with E-state index in [2.05, 4.69) is 26.1 Å². The second kappa shape index (κ2) is 5.48. The second-order valence-electron chi connectivity index (χ2n) is 4.31. The van der Waals surface area contributed by atoms with E-state index in [1.807, 2.05) is 18.4 Å². The molecule has 0 saturated carbocycles. The summed E-state index contributed by atoms with van der Waals surface area (Å²) >= 11 is 3.35. The molecule has 0 atom stereocenters. The molecule has 1 aromatic carbocycles. The fourth-order valence-corrected chi connectivity index (χ4v) is 2.35. The molecule has 19 heavy (non-hydrogen) atoms. The van der Waals surface area contributed by atoms with Crippen LogP contribution in [0.2, 0.25) is 0 Å². The Balaban J connectivity index is 2.66. The number of halogens is 1. The molecule has 2 rings (SSSR count). The summed E-state index contributed by atoms with van der Waals surface area (Å²) in [7, 11) is 0. The van der Waals surface area contributed by atoms with Crippen molar-refractivity contribution in [3.05, 3.63) is 40.2 Å². The van der Waals surface area contributed by atoms with E-state index < -0.39 is 4.92 Å². The van der Waals surface area contributed by atoms with Gasteiger partial charge >= 0.3 is 0 Å². The van der Waals surface area contributed by atoms with Crippen LogP contribution in [0.15, 0.2) is 24.3 Å². The van der Waals surface area contributed by atoms with Gasteiger partial charge in [0.25, 0.3) is 5.69 Å². The van der Waals surface area contributed by atoms with Crippen LogP contribution in [0.4, 0.5) is 5.69 Å². The molecule has 0 aliphatic heterocycles. The van der Waals surface area contributed by atoms with Crippen molar-refractivity contribution in [1.82, 2.24) is 14.8 Å². The van der Waals surface area contributed by atoms with Crippen molar-refractivity contribution in [2.75, 3.05) is 0 Å². The standard InChI is InChI=1S/C12H13BrN4O2/c1-8(2)16-11(7-13)14-15-12(16)9-5-3-4-6-10(9)17(18)19/h3-6,8H,7H2,1-2H3. The molecule has 2 aromatic rings. The largest absolute Gasteiger partial charge is 0.308 e. The second-order valence-corrected chi connectivity index (χ2v) is 4.87. The Morgan fingerprint density at radius 3 is 2.63 bits per heavy atom. The van der Waals surface area contributed by atoms with Gasteiger partial charge < -0.3 is 4.57 Å². The highest BCUT2D eigenvalue weighted by Crippen LogP contribution is 2.30. The van der Waals surface area contributed by atoms with Crippen molar-refractivity contribution < 1.29 is 4.92 Å². The van der Waals surface area contributed by atoms with E-state index in [0.717, 1.165) is 5.82 Å². The average molecular weight is 325 g/mol. The Bertz CT molecular complexity index is 610. The van der Waals surface area contributed by atoms with Crippen molar-refractivity contribution in [3.63, 3.8) is 0 Å². The van der Waals surface area contributed by atoms with Crippen LogP contribution in [0.1, 0.15) is 25.7 Å². The van der Waals surface area contributed by atoms with Crippen LogP contribution < -0.4 is 0 Å². The number of aromatic nitrogens is 3. The normalized spacial score (nSPS) is 10.9. The van der Waals surface area contributed by atoms with Gasteiger partial charge in [-0.1, -0.05) is 28.1 Å². The van der Waals surface area contributed by atoms with Crippen LogP contribution in [-0.4, -0.2) is 19.7 Å². The molecule has 0 bridgehead atoms. The summed E-state index contributed by atoms with van der Waals surface area (Å²) in [4.78, 5) is 10.7. The van der Waals surface area contributed by atoms with Crippen molar-refractivity contribution >= 4 is 21.6 Å². The molecule has 0 spiro atoms. The summed E-state index contributed by atoms with van der Waals surface area (Å²) < 4.78 is 1.90. The Kier molecular flexibility index (Phi) is 3.94. The lowest BCUT2D eigenvalue weighted by molar-refractivity contribution is -0.384. The van der Waals surface area contributed by atoms with Crippen molar-refractivity contribution in [3.8, 4) is 11.4 Å². The van der Waals surface area contributed by atoms with Crippen molar-refractivity contribution in [2.45, 2.75) is 25.2 Å². The highest BCUT2D eigenvalue weighted by Gasteiger charge is 2.22. The minimum absolute atomic E-state index is 0.0397. The molecule has 0 N–H and O–H groups in total. The van der Waals surface area contributed by atoms with Gasteiger partial charge in [0, 0.05) is 12.1 Å². The maximum atomic E-state index is 11.1. The molecule has 0 aliphatic rings. The third-order valence-electron chi connectivity index (χ3n) is 2.74. The molecule has 6 nitrogen and oxygen atoms in total. The SMILES string of the molecule is CC(C)n1c(CBr)nnc1-c1ccccc1[N+](=O)[O-]. The lowest BCUT2D eigenvalue weighted by atomic mass is 10.1. The van der Waals surface area contributed by atoms with E-state index in [-0.39, 0.29) is 11.7 Å². The van der Waals surface area contributed by atoms with Gasteiger partial charge in [-0.3, -0.25) is 10.1 Å². The number of hydrogen-bond donors (Lipinski definition) is 0. The molecular weight excluding hydrogens is 312 g/mol. The molecule has 7 heteroatoms. The lowest BCUT2D eigenvalue weighted by Crippen LogP contribution is -2.07. The van der Waals surface area contributed by atoms with Crippen LogP contribution in [0.25, 0.3) is 11.4 Å². The van der Waals surface area contributed by atoms with E-state index >= 15 is 0 Å². The number of alkyl halides is 1. The lowest BCUT2D eigenvalue weighted by Gasteiger charge is -2.13. The Morgan fingerprint density at radius 2 is 2.05 bits per heavy atom. The van der Waals surface area contributed by atoms with Crippen LogP contribution in [0.3, 0.4) is 0 Å². The predicted molar refractivity (Wildman–Crippen MR) is 75.1 cm³/mol. The van der Waals surface area contributed by atoms with E-state index in [0.29, 0.717) is 16.7 Å². The maximum Gasteiger partial charge on any atom is 0.280 e. The molecule has 0 saturated heterocycles. The minimum Gasteiger partial charge on any atom is -0.308 e. The first-order valence-corrected chi connectivity index (χ1v) is 6.92. The number of nitrogens with zero attached hydrogens (tertiary/aromatic N) is 4. The summed E-state index contributed by atoms with van der Waals surface area (Å²) in [5, 5.41) is 19.8. The van der Waals surface area contributed by atoms with E-state index in [4.69, 9.17) is 0 Å². The topological polar surface area (TPSA) is 73.8 Å². The fraction of sp³-hybridized carbons (Fsp3) is 0.333. The molecule has 0 amide bonds. The zero-order valence-corrected chi connectivity index (χ0v) is 12.2. The van der Waals surface area contributed by atoms with Crippen molar-refractivity contribution in [2.24, 2.45) is 0 Å². The highest BCUT2D eigenvalue weighted by atomic mass is 79.9. The molecule has 0 fully saturated rings. The molecule has 0 aliphatic carbocycles. The summed E-state index contributed by atoms with van der Waals surface area (Å²) in [5.41, 5.74) is 0.527. The number of benzene rings is 1. The summed E-state index contributed by atoms with van der Waals surface area (Å²) in [6, 6.07) is 6.69. The van der Waals surface area contributed by atoms with Gasteiger partial charge in [-0.15, -0.1) is 10.2 Å². The van der Waals surface area contributed by atoms with E-state index in [1.54, 1.807) is 18.2 Å². The highest BCUT2D eigenvalue weighted by molar-refractivity contribution is 9.08. The van der Waals surface area contributed by atoms with Gasteiger partial charge in [-0.25, -0.2) is 0 Å². The van der Waals surface area contributed by atoms with Crippen LogP contribution in [0, 0.1) is 10.1 Å². The molecule has 100 valence electrons. The number of hydrogen-bond acceptors (Lipinski definition) is 4. The van der Waals surface area contributed by atoms with Crippen LogP contribution in [-0.2, 0) is 5.33 Å². The Labute approximate surface area is 118 Å². The first kappa shape index (κ1) is 13.7. The van der Waals surface area contributed by atoms with E-state index in [1.165, 1.54) is 6.07 Å². The van der Waals surface area contributed by atoms with Gasteiger partial charge in [0.2, 0.25) is 0 Å². The molecule has 0 unspecified atom stereocenters. The zero-order chi connectivity index (χ0) is 14.0. The summed E-state index contributed by atoms with van der Waals surface area (Å²) in [6.45, 7) is 3.99. The maximum absolute atomic E-state index is 11.1. The van der Waals surface area contributed by atoms with Gasteiger partial charge in [-0.2, -0.15) is 0 Å². The number of nitro benzene ring substituents is 1. The number of para-hydroxylation sites is 1. The van der Waals surface area contributed by atoms with Gasteiger partial charge in [-0.05, 0) is 19.9 Å². The quantitative estimate of drug-likeness (QED) is 0.491. The van der Waals surface area contributed by atoms with E-state index in [9.17, 15) is 10.1 Å². The third-order valence-corrected chi connectivity index (χ3v) is 3.25. The summed E-state index contributed by atoms with van der Waals surface area (Å²) in [6.07, 6.45) is 0. The van der Waals surface area contributed by atoms with Crippen LogP contribution in [0.5, 0.6) is 0 Å². The van der Waals surface area contributed by atoms with Crippen molar-refractivity contribution in [1.29, 1.82) is 0 Å². The molecule has 1 aromatic heterocycles. The zero-order valence-electron chi connectivity index (χ0n) is 10.6. The minimum atomic E-state index is -0.400. The Morgan fingerprint density at radius 1 is 1.37 bits per heavy atom. The molecule has 1 heterocycles. The Hall–Kier alpha value is -1.76. The van der Waals surface area contributed by atoms with Gasteiger partial charge in [0.1, 0.15) is 5.82 Å². The summed E-state index contributed by atoms with van der Waals surface area (Å²) in [5.74, 6) is 1.28. The first-order valence-electron chi connectivity index (χ1n) is 5.79. The monoisotopic (exact) mass is 324 g/mol. The first-order chi connectivity index (χ1) is 9.06. The van der Waals surface area contributed by atoms with Gasteiger partial charge in [0.05, 0.1) is 15.8 Å². The van der Waals surface area contributed by atoms with Gasteiger partial charge in [0.15, 0.2) is 5.82 Å². The molecular formula is C12H13BrN4O2. The van der Waals surface area contributed by atoms with Crippen LogP contribution >= 0.6 is 15.9 Å². The third kappa shape index (κ3) is 2.51. The number of nitro groups is 1. The average Bonchev–Trinajstić information content (AvgIpc) is 2.82.